The number of nitrogens with zero attached hydrogens (tertiary/aromatic N) is 2. The highest BCUT2D eigenvalue weighted by atomic mass is 32.2. The second-order valence-electron chi connectivity index (χ2n) is 4.32. The zero-order valence-corrected chi connectivity index (χ0v) is 11.8. The molecule has 1 fully saturated rings. The molecule has 1 heterocycles. The zero-order chi connectivity index (χ0) is 14.7. The molecule has 0 radical (unpaired) electrons. The molecule has 0 aromatic rings. The second kappa shape index (κ2) is 6.43. The third-order valence-electron chi connectivity index (χ3n) is 2.93. The summed E-state index contributed by atoms with van der Waals surface area (Å²) in [5.41, 5.74) is 0. The van der Waals surface area contributed by atoms with E-state index in [1.165, 1.54) is 4.90 Å². The Morgan fingerprint density at radius 1 is 1.00 bits per heavy atom. The normalized spacial score (nSPS) is 21.4. The quantitative estimate of drug-likeness (QED) is 0.462. The van der Waals surface area contributed by atoms with E-state index in [0.29, 0.717) is 19.6 Å². The van der Waals surface area contributed by atoms with Gasteiger partial charge in [-0.25, -0.2) is 0 Å². The molecule has 0 bridgehead atoms. The van der Waals surface area contributed by atoms with Crippen LogP contribution in [0.4, 0.5) is 0 Å². The molecule has 0 aliphatic carbocycles. The Morgan fingerprint density at radius 2 is 1.53 bits per heavy atom. The largest absolute Gasteiger partial charge is 0.395 e. The minimum Gasteiger partial charge on any atom is -0.395 e. The van der Waals surface area contributed by atoms with Crippen LogP contribution in [-0.4, -0.2) is 91.3 Å². The van der Waals surface area contributed by atoms with Gasteiger partial charge in [-0.15, -0.1) is 0 Å². The predicted octanol–water partition coefficient (Wildman–Crippen LogP) is -2.30. The van der Waals surface area contributed by atoms with E-state index in [2.05, 4.69) is 0 Å². The maximum atomic E-state index is 11.2. The first kappa shape index (κ1) is 16.8. The van der Waals surface area contributed by atoms with Crippen LogP contribution in [0.3, 0.4) is 0 Å². The van der Waals surface area contributed by atoms with Gasteiger partial charge in [0.25, 0.3) is 20.2 Å². The van der Waals surface area contributed by atoms with Gasteiger partial charge in [0.1, 0.15) is 5.75 Å². The molecule has 0 saturated carbocycles. The standard InChI is InChI=1S/C8H18N2O7S2/c11-6-5-9-1-3-10(4-2-9)8(19(15,16)17)7-18(12,13)14/h8,11H,1-7H2,(H,12,13,14)(H,15,16,17). The van der Waals surface area contributed by atoms with Crippen molar-refractivity contribution in [1.82, 2.24) is 9.80 Å². The molecule has 0 aromatic carbocycles. The Hall–Kier alpha value is -0.300. The molecular weight excluding hydrogens is 300 g/mol. The van der Waals surface area contributed by atoms with E-state index in [9.17, 15) is 16.8 Å². The lowest BCUT2D eigenvalue weighted by atomic mass is 10.3. The Bertz CT molecular complexity index is 481. The number of aliphatic hydroxyl groups excluding tert-OH is 1. The van der Waals surface area contributed by atoms with Gasteiger partial charge in [0.15, 0.2) is 5.37 Å². The van der Waals surface area contributed by atoms with Crippen LogP contribution in [0.15, 0.2) is 0 Å². The monoisotopic (exact) mass is 318 g/mol. The fourth-order valence-corrected chi connectivity index (χ4v) is 4.34. The van der Waals surface area contributed by atoms with Gasteiger partial charge in [-0.2, -0.15) is 16.8 Å². The average Bonchev–Trinajstić information content (AvgIpc) is 2.25. The molecule has 0 spiro atoms. The number of piperazine rings is 1. The highest BCUT2D eigenvalue weighted by Gasteiger charge is 2.35. The van der Waals surface area contributed by atoms with Crippen LogP contribution in [-0.2, 0) is 20.2 Å². The molecule has 1 unspecified atom stereocenters. The van der Waals surface area contributed by atoms with E-state index in [4.69, 9.17) is 14.2 Å². The Kier molecular flexibility index (Phi) is 5.67. The van der Waals surface area contributed by atoms with E-state index in [1.807, 2.05) is 4.90 Å². The molecule has 114 valence electrons. The van der Waals surface area contributed by atoms with E-state index in [0.717, 1.165) is 0 Å². The third-order valence-corrected chi connectivity index (χ3v) is 5.03. The smallest absolute Gasteiger partial charge is 0.282 e. The van der Waals surface area contributed by atoms with Crippen molar-refractivity contribution in [3.05, 3.63) is 0 Å². The Labute approximate surface area is 112 Å². The van der Waals surface area contributed by atoms with Gasteiger partial charge in [-0.1, -0.05) is 0 Å². The van der Waals surface area contributed by atoms with Crippen LogP contribution in [0, 0.1) is 0 Å². The van der Waals surface area contributed by atoms with Crippen molar-refractivity contribution in [2.24, 2.45) is 0 Å². The number of aliphatic hydroxyl groups is 1. The molecule has 9 nitrogen and oxygen atoms in total. The molecular formula is C8H18N2O7S2. The third kappa shape index (κ3) is 5.69. The lowest BCUT2D eigenvalue weighted by Crippen LogP contribution is -2.54. The molecule has 1 saturated heterocycles. The van der Waals surface area contributed by atoms with Gasteiger partial charge < -0.3 is 5.11 Å². The molecule has 11 heteroatoms. The second-order valence-corrected chi connectivity index (χ2v) is 7.39. The van der Waals surface area contributed by atoms with Crippen LogP contribution in [0.1, 0.15) is 0 Å². The zero-order valence-electron chi connectivity index (χ0n) is 10.2. The van der Waals surface area contributed by atoms with Crippen LogP contribution in [0.2, 0.25) is 0 Å². The van der Waals surface area contributed by atoms with E-state index in [-0.39, 0.29) is 19.7 Å². The maximum Gasteiger partial charge on any atom is 0.282 e. The first-order valence-electron chi connectivity index (χ1n) is 5.62. The van der Waals surface area contributed by atoms with Crippen molar-refractivity contribution in [2.75, 3.05) is 45.1 Å². The van der Waals surface area contributed by atoms with Crippen LogP contribution < -0.4 is 0 Å². The molecule has 1 rings (SSSR count). The van der Waals surface area contributed by atoms with Crippen LogP contribution >= 0.6 is 0 Å². The average molecular weight is 318 g/mol. The van der Waals surface area contributed by atoms with Crippen molar-refractivity contribution in [3.8, 4) is 0 Å². The Balaban J connectivity index is 2.74. The summed E-state index contributed by atoms with van der Waals surface area (Å²) in [6, 6.07) is 0. The van der Waals surface area contributed by atoms with Crippen LogP contribution in [0.5, 0.6) is 0 Å². The SMILES string of the molecule is O=S(=O)(O)CC(N1CCN(CCO)CC1)S(=O)(=O)O. The summed E-state index contributed by atoms with van der Waals surface area (Å²) >= 11 is 0. The van der Waals surface area contributed by atoms with E-state index in [1.54, 1.807) is 0 Å². The van der Waals surface area contributed by atoms with Gasteiger partial charge in [0.05, 0.1) is 6.61 Å². The predicted molar refractivity (Wildman–Crippen MR) is 66.9 cm³/mol. The summed E-state index contributed by atoms with van der Waals surface area (Å²) in [6.07, 6.45) is 0. The molecule has 1 aliphatic rings. The highest BCUT2D eigenvalue weighted by molar-refractivity contribution is 7.90. The topological polar surface area (TPSA) is 135 Å². The van der Waals surface area contributed by atoms with Gasteiger partial charge in [-0.3, -0.25) is 18.9 Å². The molecule has 1 aliphatic heterocycles. The number of β-amino-alcohol motifs (C(OH)–C–C–N with tert-alkyl or cyclic N) is 1. The van der Waals surface area contributed by atoms with Crippen molar-refractivity contribution in [2.45, 2.75) is 5.37 Å². The van der Waals surface area contributed by atoms with E-state index < -0.39 is 31.4 Å². The van der Waals surface area contributed by atoms with Gasteiger partial charge in [-0.05, 0) is 0 Å². The number of rotatable bonds is 6. The summed E-state index contributed by atoms with van der Waals surface area (Å²) in [4.78, 5) is 3.17. The highest BCUT2D eigenvalue weighted by Crippen LogP contribution is 2.12. The van der Waals surface area contributed by atoms with Gasteiger partial charge in [0, 0.05) is 32.7 Å². The van der Waals surface area contributed by atoms with Crippen molar-refractivity contribution < 1.29 is 31.0 Å². The van der Waals surface area contributed by atoms with Gasteiger partial charge in [0.2, 0.25) is 0 Å². The summed E-state index contributed by atoms with van der Waals surface area (Å²) in [5, 5.41) is 7.10. The minimum absolute atomic E-state index is 0.0211. The van der Waals surface area contributed by atoms with Crippen molar-refractivity contribution >= 4 is 20.2 Å². The lowest BCUT2D eigenvalue weighted by molar-refractivity contribution is 0.105. The summed E-state index contributed by atoms with van der Waals surface area (Å²) < 4.78 is 61.8. The minimum atomic E-state index is -4.61. The molecule has 0 aromatic heterocycles. The molecule has 19 heavy (non-hydrogen) atoms. The van der Waals surface area contributed by atoms with Gasteiger partial charge >= 0.3 is 0 Å². The first-order chi connectivity index (χ1) is 8.63. The fraction of sp³-hybridized carbons (Fsp3) is 1.00. The molecule has 3 N–H and O–H groups in total. The van der Waals surface area contributed by atoms with Crippen LogP contribution in [0.25, 0.3) is 0 Å². The first-order valence-corrected chi connectivity index (χ1v) is 8.73. The lowest BCUT2D eigenvalue weighted by Gasteiger charge is -2.37. The Morgan fingerprint density at radius 3 is 1.89 bits per heavy atom. The summed E-state index contributed by atoms with van der Waals surface area (Å²) in [6.45, 7) is 1.76. The number of hydrogen-bond acceptors (Lipinski definition) is 7. The summed E-state index contributed by atoms with van der Waals surface area (Å²) in [7, 11) is -9.12. The maximum absolute atomic E-state index is 11.2. The fourth-order valence-electron chi connectivity index (χ4n) is 1.98. The molecule has 1 atom stereocenters. The molecule has 0 amide bonds. The number of hydrogen-bond donors (Lipinski definition) is 3. The summed E-state index contributed by atoms with van der Waals surface area (Å²) in [5.74, 6) is -1.06. The van der Waals surface area contributed by atoms with Crippen molar-refractivity contribution in [3.63, 3.8) is 0 Å². The van der Waals surface area contributed by atoms with Crippen molar-refractivity contribution in [1.29, 1.82) is 0 Å². The van der Waals surface area contributed by atoms with E-state index >= 15 is 0 Å².